The molecule has 1 N–H and O–H groups in total. The number of aromatic nitrogens is 1. The maximum absolute atomic E-state index is 13.0. The molecule has 3 rings (SSSR count). The Balaban J connectivity index is 1.76. The molecular formula is C18H21ClN2OS. The zero-order valence-electron chi connectivity index (χ0n) is 13.3. The molecular weight excluding hydrogens is 328 g/mol. The minimum Gasteiger partial charge on any atom is -0.350 e. The second kappa shape index (κ2) is 7.02. The van der Waals surface area contributed by atoms with Gasteiger partial charge in [-0.05, 0) is 37.0 Å². The van der Waals surface area contributed by atoms with Gasteiger partial charge in [0.25, 0.3) is 0 Å². The Labute approximate surface area is 146 Å². The number of rotatable bonds is 5. The summed E-state index contributed by atoms with van der Waals surface area (Å²) in [7, 11) is 0. The van der Waals surface area contributed by atoms with Crippen LogP contribution in [0, 0.1) is 0 Å². The van der Waals surface area contributed by atoms with Gasteiger partial charge in [-0.2, -0.15) is 0 Å². The first kappa shape index (κ1) is 16.5. The summed E-state index contributed by atoms with van der Waals surface area (Å²) >= 11 is 7.79. The molecule has 0 saturated heterocycles. The van der Waals surface area contributed by atoms with E-state index < -0.39 is 5.41 Å². The van der Waals surface area contributed by atoms with Crippen molar-refractivity contribution in [3.05, 3.63) is 50.9 Å². The summed E-state index contributed by atoms with van der Waals surface area (Å²) in [4.78, 5) is 17.5. The van der Waals surface area contributed by atoms with Gasteiger partial charge in [0.2, 0.25) is 5.91 Å². The third-order valence-corrected chi connectivity index (χ3v) is 5.88. The van der Waals surface area contributed by atoms with Crippen LogP contribution in [0.4, 0.5) is 0 Å². The van der Waals surface area contributed by atoms with Gasteiger partial charge in [-0.3, -0.25) is 4.79 Å². The quantitative estimate of drug-likeness (QED) is 0.865. The van der Waals surface area contributed by atoms with E-state index in [1.807, 2.05) is 29.6 Å². The molecule has 1 aliphatic rings. The topological polar surface area (TPSA) is 42.0 Å². The first-order valence-electron chi connectivity index (χ1n) is 8.12. The molecule has 5 heteroatoms. The van der Waals surface area contributed by atoms with Crippen molar-refractivity contribution in [3.8, 4) is 0 Å². The van der Waals surface area contributed by atoms with Gasteiger partial charge in [-0.1, -0.05) is 43.5 Å². The minimum atomic E-state index is -0.436. The fourth-order valence-electron chi connectivity index (χ4n) is 3.34. The molecule has 1 fully saturated rings. The number of thiazole rings is 1. The zero-order chi connectivity index (χ0) is 16.3. The molecule has 0 aliphatic heterocycles. The van der Waals surface area contributed by atoms with E-state index in [0.717, 1.165) is 48.4 Å². The summed E-state index contributed by atoms with van der Waals surface area (Å²) in [6.07, 6.45) is 4.87. The van der Waals surface area contributed by atoms with E-state index in [2.05, 4.69) is 17.2 Å². The van der Waals surface area contributed by atoms with Crippen LogP contribution in [0.5, 0.6) is 0 Å². The van der Waals surface area contributed by atoms with E-state index in [0.29, 0.717) is 11.6 Å². The van der Waals surface area contributed by atoms with Gasteiger partial charge in [-0.15, -0.1) is 11.3 Å². The number of benzene rings is 1. The standard InChI is InChI=1S/C18H21ClN2OS/c1-2-16-21-15(12-23-16)11-20-17(22)18(8-3-4-9-18)13-6-5-7-14(19)10-13/h5-7,10,12H,2-4,8-9,11H2,1H3,(H,20,22). The third-order valence-electron chi connectivity index (χ3n) is 4.60. The van der Waals surface area contributed by atoms with Crippen LogP contribution in [0.1, 0.15) is 48.9 Å². The SMILES string of the molecule is CCc1nc(CNC(=O)C2(c3cccc(Cl)c3)CCCC2)cs1. The van der Waals surface area contributed by atoms with E-state index in [1.54, 1.807) is 11.3 Å². The van der Waals surface area contributed by atoms with Crippen LogP contribution in [-0.4, -0.2) is 10.9 Å². The summed E-state index contributed by atoms with van der Waals surface area (Å²) in [5.41, 5.74) is 1.54. The Morgan fingerprint density at radius 1 is 1.39 bits per heavy atom. The number of carbonyl (C=O) groups excluding carboxylic acids is 1. The molecule has 0 atom stereocenters. The number of amides is 1. The molecule has 0 bridgehead atoms. The molecule has 1 aromatic carbocycles. The summed E-state index contributed by atoms with van der Waals surface area (Å²) in [5.74, 6) is 0.100. The van der Waals surface area contributed by atoms with Crippen molar-refractivity contribution >= 4 is 28.8 Å². The number of nitrogens with one attached hydrogen (secondary N) is 1. The molecule has 1 heterocycles. The first-order valence-corrected chi connectivity index (χ1v) is 9.37. The maximum Gasteiger partial charge on any atom is 0.230 e. The maximum atomic E-state index is 13.0. The number of aryl methyl sites for hydroxylation is 1. The Morgan fingerprint density at radius 2 is 2.17 bits per heavy atom. The highest BCUT2D eigenvalue weighted by molar-refractivity contribution is 7.09. The monoisotopic (exact) mass is 348 g/mol. The molecule has 1 aliphatic carbocycles. The number of hydrogen-bond acceptors (Lipinski definition) is 3. The first-order chi connectivity index (χ1) is 11.1. The van der Waals surface area contributed by atoms with Gasteiger partial charge in [0.15, 0.2) is 0 Å². The second-order valence-electron chi connectivity index (χ2n) is 6.07. The molecule has 3 nitrogen and oxygen atoms in total. The molecule has 2 aromatic rings. The molecule has 1 aromatic heterocycles. The largest absolute Gasteiger partial charge is 0.350 e. The van der Waals surface area contributed by atoms with Crippen LogP contribution >= 0.6 is 22.9 Å². The third kappa shape index (κ3) is 3.43. The van der Waals surface area contributed by atoms with Crippen LogP contribution in [0.15, 0.2) is 29.6 Å². The lowest BCUT2D eigenvalue weighted by Crippen LogP contribution is -2.42. The van der Waals surface area contributed by atoms with E-state index in [9.17, 15) is 4.79 Å². The zero-order valence-corrected chi connectivity index (χ0v) is 14.8. The predicted molar refractivity (Wildman–Crippen MR) is 94.9 cm³/mol. The molecule has 0 radical (unpaired) electrons. The fourth-order valence-corrected chi connectivity index (χ4v) is 4.28. The number of halogens is 1. The van der Waals surface area contributed by atoms with Crippen LogP contribution in [-0.2, 0) is 23.2 Å². The highest BCUT2D eigenvalue weighted by atomic mass is 35.5. The smallest absolute Gasteiger partial charge is 0.230 e. The molecule has 1 amide bonds. The summed E-state index contributed by atoms with van der Waals surface area (Å²) in [5, 5.41) is 6.93. The Bertz CT molecular complexity index is 692. The van der Waals surface area contributed by atoms with Crippen LogP contribution < -0.4 is 5.32 Å². The van der Waals surface area contributed by atoms with Gasteiger partial charge in [0.05, 0.1) is 22.7 Å². The molecule has 23 heavy (non-hydrogen) atoms. The number of carbonyl (C=O) groups is 1. The van der Waals surface area contributed by atoms with Crippen molar-refractivity contribution < 1.29 is 4.79 Å². The number of hydrogen-bond donors (Lipinski definition) is 1. The Hall–Kier alpha value is -1.39. The van der Waals surface area contributed by atoms with Crippen molar-refractivity contribution in [2.24, 2.45) is 0 Å². The van der Waals surface area contributed by atoms with Crippen molar-refractivity contribution in [2.45, 2.75) is 51.0 Å². The van der Waals surface area contributed by atoms with Gasteiger partial charge in [0.1, 0.15) is 0 Å². The lowest BCUT2D eigenvalue weighted by molar-refractivity contribution is -0.126. The average Bonchev–Trinajstić information content (AvgIpc) is 3.22. The van der Waals surface area contributed by atoms with E-state index in [1.165, 1.54) is 0 Å². The van der Waals surface area contributed by atoms with Crippen molar-refractivity contribution in [3.63, 3.8) is 0 Å². The number of nitrogens with zero attached hydrogens (tertiary/aromatic N) is 1. The van der Waals surface area contributed by atoms with Crippen molar-refractivity contribution in [2.75, 3.05) is 0 Å². The molecule has 0 spiro atoms. The van der Waals surface area contributed by atoms with Crippen molar-refractivity contribution in [1.82, 2.24) is 10.3 Å². The van der Waals surface area contributed by atoms with Crippen LogP contribution in [0.3, 0.4) is 0 Å². The second-order valence-corrected chi connectivity index (χ2v) is 7.45. The Kier molecular flexibility index (Phi) is 5.02. The molecule has 0 unspecified atom stereocenters. The average molecular weight is 349 g/mol. The van der Waals surface area contributed by atoms with E-state index >= 15 is 0 Å². The highest BCUT2D eigenvalue weighted by Crippen LogP contribution is 2.42. The molecule has 1 saturated carbocycles. The molecule has 122 valence electrons. The van der Waals surface area contributed by atoms with Crippen molar-refractivity contribution in [1.29, 1.82) is 0 Å². The fraction of sp³-hybridized carbons (Fsp3) is 0.444. The van der Waals surface area contributed by atoms with Crippen LogP contribution in [0.2, 0.25) is 5.02 Å². The Morgan fingerprint density at radius 3 is 2.83 bits per heavy atom. The minimum absolute atomic E-state index is 0.100. The summed E-state index contributed by atoms with van der Waals surface area (Å²) in [6, 6.07) is 7.74. The predicted octanol–water partition coefficient (Wildman–Crippen LogP) is 4.49. The lowest BCUT2D eigenvalue weighted by atomic mass is 9.78. The van der Waals surface area contributed by atoms with Gasteiger partial charge in [-0.25, -0.2) is 4.98 Å². The lowest BCUT2D eigenvalue weighted by Gasteiger charge is -2.28. The van der Waals surface area contributed by atoms with Crippen LogP contribution in [0.25, 0.3) is 0 Å². The normalized spacial score (nSPS) is 16.4. The van der Waals surface area contributed by atoms with E-state index in [4.69, 9.17) is 11.6 Å². The van der Waals surface area contributed by atoms with Gasteiger partial charge < -0.3 is 5.32 Å². The highest BCUT2D eigenvalue weighted by Gasteiger charge is 2.42. The van der Waals surface area contributed by atoms with Gasteiger partial charge >= 0.3 is 0 Å². The summed E-state index contributed by atoms with van der Waals surface area (Å²) in [6.45, 7) is 2.59. The van der Waals surface area contributed by atoms with Gasteiger partial charge in [0, 0.05) is 10.4 Å². The summed E-state index contributed by atoms with van der Waals surface area (Å²) < 4.78 is 0. The van der Waals surface area contributed by atoms with E-state index in [-0.39, 0.29) is 5.91 Å².